The third-order valence-corrected chi connectivity index (χ3v) is 4.37. The quantitative estimate of drug-likeness (QED) is 0.688. The number of ether oxygens (including phenoxy) is 1. The summed E-state index contributed by atoms with van der Waals surface area (Å²) < 4.78 is 6.36. The highest BCUT2D eigenvalue weighted by atomic mass is 32.1. The van der Waals surface area contributed by atoms with Gasteiger partial charge in [-0.3, -0.25) is 4.79 Å². The topological polar surface area (TPSA) is 39.2 Å². The molecule has 0 fully saturated rings. The van der Waals surface area contributed by atoms with E-state index < -0.39 is 0 Å². The van der Waals surface area contributed by atoms with Crippen LogP contribution in [0.4, 0.5) is 0 Å². The van der Waals surface area contributed by atoms with Gasteiger partial charge in [0.25, 0.3) is 0 Å². The molecule has 96 valence electrons. The van der Waals surface area contributed by atoms with Crippen molar-refractivity contribution in [1.29, 1.82) is 0 Å². The zero-order chi connectivity index (χ0) is 13.1. The molecule has 19 heavy (non-hydrogen) atoms. The van der Waals surface area contributed by atoms with Crippen molar-refractivity contribution in [3.05, 3.63) is 51.7 Å². The highest BCUT2D eigenvalue weighted by Crippen LogP contribution is 2.22. The molecule has 0 radical (unpaired) electrons. The molecule has 2 heterocycles. The molecule has 0 bridgehead atoms. The predicted molar refractivity (Wildman–Crippen MR) is 77.4 cm³/mol. The van der Waals surface area contributed by atoms with E-state index in [0.29, 0.717) is 6.42 Å². The number of para-hydroxylation sites is 1. The fourth-order valence-corrected chi connectivity index (χ4v) is 3.28. The lowest BCUT2D eigenvalue weighted by molar-refractivity contribution is -0.144. The fraction of sp³-hybridized carbons (Fsp3) is 0.143. The van der Waals surface area contributed by atoms with E-state index in [1.165, 1.54) is 0 Å². The summed E-state index contributed by atoms with van der Waals surface area (Å²) in [7, 11) is 0. The molecule has 0 N–H and O–H groups in total. The smallest absolute Gasteiger partial charge is 0.310 e. The first-order chi connectivity index (χ1) is 9.31. The van der Waals surface area contributed by atoms with Crippen LogP contribution in [0.1, 0.15) is 10.6 Å². The molecule has 0 spiro atoms. The third kappa shape index (κ3) is 3.00. The maximum Gasteiger partial charge on any atom is 0.310 e. The van der Waals surface area contributed by atoms with E-state index in [0.717, 1.165) is 20.8 Å². The fourth-order valence-electron chi connectivity index (χ4n) is 1.73. The van der Waals surface area contributed by atoms with Crippen LogP contribution in [0.2, 0.25) is 0 Å². The zero-order valence-electron chi connectivity index (χ0n) is 10.0. The number of thiophene rings is 1. The van der Waals surface area contributed by atoms with E-state index in [1.54, 1.807) is 22.7 Å². The Kier molecular flexibility index (Phi) is 3.57. The SMILES string of the molecule is O=C(Cc1ccsc1)OCc1nc2ccccc2s1. The van der Waals surface area contributed by atoms with Crippen molar-refractivity contribution in [2.45, 2.75) is 13.0 Å². The molecular weight excluding hydrogens is 278 g/mol. The number of rotatable bonds is 4. The van der Waals surface area contributed by atoms with Crippen LogP contribution in [0.25, 0.3) is 10.2 Å². The van der Waals surface area contributed by atoms with Crippen LogP contribution in [0.15, 0.2) is 41.1 Å². The summed E-state index contributed by atoms with van der Waals surface area (Å²) in [5.74, 6) is -0.211. The largest absolute Gasteiger partial charge is 0.458 e. The van der Waals surface area contributed by atoms with Crippen molar-refractivity contribution in [3.8, 4) is 0 Å². The summed E-state index contributed by atoms with van der Waals surface area (Å²) in [6.07, 6.45) is 0.328. The van der Waals surface area contributed by atoms with Gasteiger partial charge in [-0.25, -0.2) is 4.98 Å². The van der Waals surface area contributed by atoms with Crippen molar-refractivity contribution < 1.29 is 9.53 Å². The molecule has 0 unspecified atom stereocenters. The summed E-state index contributed by atoms with van der Waals surface area (Å²) in [5.41, 5.74) is 1.95. The number of fused-ring (bicyclic) bond motifs is 1. The highest BCUT2D eigenvalue weighted by Gasteiger charge is 2.08. The maximum atomic E-state index is 11.7. The minimum absolute atomic E-state index is 0.211. The Labute approximate surface area is 118 Å². The van der Waals surface area contributed by atoms with Crippen molar-refractivity contribution in [2.24, 2.45) is 0 Å². The molecule has 3 aromatic rings. The second-order valence-corrected chi connectivity index (χ2v) is 5.94. The summed E-state index contributed by atoms with van der Waals surface area (Å²) >= 11 is 3.14. The molecule has 0 atom stereocenters. The Morgan fingerprint density at radius 1 is 1.26 bits per heavy atom. The summed E-state index contributed by atoms with van der Waals surface area (Å²) in [5, 5.41) is 4.75. The van der Waals surface area contributed by atoms with Gasteiger partial charge in [0.2, 0.25) is 0 Å². The summed E-state index contributed by atoms with van der Waals surface area (Å²) in [6, 6.07) is 9.84. The second kappa shape index (κ2) is 5.50. The predicted octanol–water partition coefficient (Wildman–Crippen LogP) is 3.64. The molecule has 1 aromatic carbocycles. The van der Waals surface area contributed by atoms with Crippen molar-refractivity contribution in [3.63, 3.8) is 0 Å². The molecule has 2 aromatic heterocycles. The number of benzene rings is 1. The number of aromatic nitrogens is 1. The zero-order valence-corrected chi connectivity index (χ0v) is 11.7. The lowest BCUT2D eigenvalue weighted by Gasteiger charge is -2.00. The molecule has 5 heteroatoms. The first-order valence-electron chi connectivity index (χ1n) is 5.82. The standard InChI is InChI=1S/C14H11NO2S2/c16-14(7-10-5-6-18-9-10)17-8-13-15-11-3-1-2-4-12(11)19-13/h1-6,9H,7-8H2. The lowest BCUT2D eigenvalue weighted by Crippen LogP contribution is -2.07. The average molecular weight is 289 g/mol. The van der Waals surface area contributed by atoms with Gasteiger partial charge in [0.1, 0.15) is 11.6 Å². The molecular formula is C14H11NO2S2. The van der Waals surface area contributed by atoms with E-state index in [9.17, 15) is 4.79 Å². The van der Waals surface area contributed by atoms with E-state index in [1.807, 2.05) is 41.1 Å². The number of nitrogens with zero attached hydrogens (tertiary/aromatic N) is 1. The molecule has 0 aliphatic heterocycles. The Morgan fingerprint density at radius 3 is 2.95 bits per heavy atom. The van der Waals surface area contributed by atoms with Gasteiger partial charge < -0.3 is 4.74 Å². The maximum absolute atomic E-state index is 11.7. The lowest BCUT2D eigenvalue weighted by atomic mass is 10.2. The van der Waals surface area contributed by atoms with E-state index in [4.69, 9.17) is 4.74 Å². The van der Waals surface area contributed by atoms with Crippen LogP contribution in [0, 0.1) is 0 Å². The highest BCUT2D eigenvalue weighted by molar-refractivity contribution is 7.18. The molecule has 0 saturated carbocycles. The average Bonchev–Trinajstić information content (AvgIpc) is 3.04. The minimum atomic E-state index is -0.211. The van der Waals surface area contributed by atoms with Gasteiger partial charge in [0.15, 0.2) is 0 Å². The van der Waals surface area contributed by atoms with Crippen molar-refractivity contribution in [1.82, 2.24) is 4.98 Å². The van der Waals surface area contributed by atoms with Crippen molar-refractivity contribution >= 4 is 38.9 Å². The van der Waals surface area contributed by atoms with E-state index in [-0.39, 0.29) is 12.6 Å². The van der Waals surface area contributed by atoms with Gasteiger partial charge in [-0.15, -0.1) is 11.3 Å². The first kappa shape index (κ1) is 12.3. The van der Waals surface area contributed by atoms with Gasteiger partial charge >= 0.3 is 5.97 Å². The van der Waals surface area contributed by atoms with Crippen molar-refractivity contribution in [2.75, 3.05) is 0 Å². The molecule has 3 rings (SSSR count). The molecule has 0 amide bonds. The van der Waals surface area contributed by atoms with Crippen LogP contribution < -0.4 is 0 Å². The third-order valence-electron chi connectivity index (χ3n) is 2.62. The second-order valence-electron chi connectivity index (χ2n) is 4.04. The number of carbonyl (C=O) groups is 1. The molecule has 0 aliphatic rings. The van der Waals surface area contributed by atoms with Gasteiger partial charge in [-0.1, -0.05) is 12.1 Å². The molecule has 0 saturated heterocycles. The number of thiazole rings is 1. The van der Waals surface area contributed by atoms with Crippen LogP contribution in [-0.2, 0) is 22.6 Å². The van der Waals surface area contributed by atoms with Gasteiger partial charge in [-0.05, 0) is 34.5 Å². The summed E-state index contributed by atoms with van der Waals surface area (Å²) in [4.78, 5) is 16.1. The molecule has 0 aliphatic carbocycles. The Bertz CT molecular complexity index is 655. The van der Waals surface area contributed by atoms with Gasteiger partial charge in [0.05, 0.1) is 16.6 Å². The first-order valence-corrected chi connectivity index (χ1v) is 7.58. The van der Waals surface area contributed by atoms with Crippen LogP contribution in [0.5, 0.6) is 0 Å². The normalized spacial score (nSPS) is 10.7. The number of carbonyl (C=O) groups excluding carboxylic acids is 1. The van der Waals surface area contributed by atoms with Crippen LogP contribution >= 0.6 is 22.7 Å². The Morgan fingerprint density at radius 2 is 2.16 bits per heavy atom. The number of hydrogen-bond acceptors (Lipinski definition) is 5. The minimum Gasteiger partial charge on any atom is -0.458 e. The van der Waals surface area contributed by atoms with Crippen LogP contribution in [-0.4, -0.2) is 11.0 Å². The number of esters is 1. The molecule has 3 nitrogen and oxygen atoms in total. The Balaban J connectivity index is 1.61. The van der Waals surface area contributed by atoms with E-state index >= 15 is 0 Å². The van der Waals surface area contributed by atoms with Gasteiger partial charge in [0, 0.05) is 0 Å². The monoisotopic (exact) mass is 289 g/mol. The van der Waals surface area contributed by atoms with Gasteiger partial charge in [-0.2, -0.15) is 11.3 Å². The van der Waals surface area contributed by atoms with Crippen LogP contribution in [0.3, 0.4) is 0 Å². The summed E-state index contributed by atoms with van der Waals surface area (Å²) in [6.45, 7) is 0.252. The number of hydrogen-bond donors (Lipinski definition) is 0. The Hall–Kier alpha value is -1.72. The van der Waals surface area contributed by atoms with E-state index in [2.05, 4.69) is 4.98 Å².